The van der Waals surface area contributed by atoms with Gasteiger partial charge >= 0.3 is 5.69 Å². The lowest BCUT2D eigenvalue weighted by molar-refractivity contribution is 0.188. The van der Waals surface area contributed by atoms with Crippen molar-refractivity contribution < 1.29 is 14.6 Å². The summed E-state index contributed by atoms with van der Waals surface area (Å²) in [5.41, 5.74) is -0.193. The predicted molar refractivity (Wildman–Crippen MR) is 120 cm³/mol. The van der Waals surface area contributed by atoms with Crippen molar-refractivity contribution in [1.29, 1.82) is 0 Å². The second-order valence-electron chi connectivity index (χ2n) is 6.90. The average Bonchev–Trinajstić information content (AvgIpc) is 3.20. The number of aromatic amines is 1. The largest absolute Gasteiger partial charge is 0.497 e. The van der Waals surface area contributed by atoms with Crippen LogP contribution >= 0.6 is 12.2 Å². The zero-order valence-electron chi connectivity index (χ0n) is 17.5. The molecule has 0 saturated carbocycles. The third kappa shape index (κ3) is 4.62. The normalized spacial score (nSPS) is 15.6. The molecule has 1 aliphatic rings. The lowest BCUT2D eigenvalue weighted by atomic mass is 9.99. The number of nitrogens with one attached hydrogen (secondary N) is 2. The molecule has 0 saturated heterocycles. The van der Waals surface area contributed by atoms with Crippen LogP contribution in [-0.4, -0.2) is 58.4 Å². The number of rotatable bonds is 7. The SMILES string of the molecule is CNC(=S)N1N=C(c2c(O)n(CCCOC)c(=O)[nH]c2=O)C[C@@H]1c1ccc(OC)cc1. The number of aromatic nitrogens is 2. The Morgan fingerprint density at radius 3 is 2.65 bits per heavy atom. The Morgan fingerprint density at radius 1 is 1.32 bits per heavy atom. The smallest absolute Gasteiger partial charge is 0.331 e. The van der Waals surface area contributed by atoms with Crippen LogP contribution in [0.25, 0.3) is 0 Å². The molecule has 1 atom stereocenters. The van der Waals surface area contributed by atoms with E-state index in [-0.39, 0.29) is 18.2 Å². The van der Waals surface area contributed by atoms with Gasteiger partial charge in [-0.2, -0.15) is 5.10 Å². The van der Waals surface area contributed by atoms with Crippen LogP contribution < -0.4 is 21.3 Å². The van der Waals surface area contributed by atoms with Crippen LogP contribution in [-0.2, 0) is 11.3 Å². The van der Waals surface area contributed by atoms with Crippen LogP contribution in [0.3, 0.4) is 0 Å². The first-order valence-electron chi connectivity index (χ1n) is 9.69. The monoisotopic (exact) mass is 447 g/mol. The molecule has 0 amide bonds. The minimum Gasteiger partial charge on any atom is -0.497 e. The maximum atomic E-state index is 12.6. The zero-order chi connectivity index (χ0) is 22.5. The quantitative estimate of drug-likeness (QED) is 0.424. The molecule has 1 aromatic heterocycles. The molecule has 0 unspecified atom stereocenters. The van der Waals surface area contributed by atoms with E-state index in [0.717, 1.165) is 10.1 Å². The molecule has 0 fully saturated rings. The molecule has 166 valence electrons. The van der Waals surface area contributed by atoms with Gasteiger partial charge in [0.25, 0.3) is 5.56 Å². The summed E-state index contributed by atoms with van der Waals surface area (Å²) in [5, 5.41) is 20.1. The number of ether oxygens (including phenoxy) is 2. The highest BCUT2D eigenvalue weighted by atomic mass is 32.1. The van der Waals surface area contributed by atoms with Crippen LogP contribution in [0.15, 0.2) is 39.0 Å². The molecular weight excluding hydrogens is 422 g/mol. The van der Waals surface area contributed by atoms with E-state index in [2.05, 4.69) is 15.4 Å². The fourth-order valence-electron chi connectivity index (χ4n) is 3.44. The Hall–Kier alpha value is -3.18. The third-order valence-corrected chi connectivity index (χ3v) is 5.41. The first-order chi connectivity index (χ1) is 14.9. The van der Waals surface area contributed by atoms with E-state index in [9.17, 15) is 14.7 Å². The van der Waals surface area contributed by atoms with Crippen LogP contribution in [0.5, 0.6) is 11.6 Å². The van der Waals surface area contributed by atoms with E-state index in [1.54, 1.807) is 26.3 Å². The molecule has 1 aliphatic heterocycles. The number of thiocarbonyl (C=S) groups is 1. The lowest BCUT2D eigenvalue weighted by Crippen LogP contribution is -2.34. The Kier molecular flexibility index (Phi) is 7.08. The third-order valence-electron chi connectivity index (χ3n) is 5.02. The molecular formula is C20H25N5O5S. The van der Waals surface area contributed by atoms with Crippen molar-refractivity contribution in [3.05, 3.63) is 56.2 Å². The van der Waals surface area contributed by atoms with Crippen LogP contribution in [0.4, 0.5) is 0 Å². The van der Waals surface area contributed by atoms with E-state index >= 15 is 0 Å². The molecule has 31 heavy (non-hydrogen) atoms. The molecule has 0 aliphatic carbocycles. The minimum absolute atomic E-state index is 0.0445. The molecule has 3 N–H and O–H groups in total. The summed E-state index contributed by atoms with van der Waals surface area (Å²) >= 11 is 5.39. The van der Waals surface area contributed by atoms with Gasteiger partial charge in [0, 0.05) is 33.7 Å². The standard InChI is InChI=1S/C20H25N5O5S/c1-21-20(31)25-15(12-5-7-13(30-3)8-6-12)11-14(23-25)16-17(26)22-19(28)24(18(16)27)9-4-10-29-2/h5-8,15,27H,4,9-11H2,1-3H3,(H,21,31)(H,22,26,28)/t15-/m1/s1. The molecule has 0 radical (unpaired) electrons. The van der Waals surface area contributed by atoms with Crippen molar-refractivity contribution >= 4 is 23.0 Å². The highest BCUT2D eigenvalue weighted by Crippen LogP contribution is 2.34. The van der Waals surface area contributed by atoms with Crippen LogP contribution in [0, 0.1) is 0 Å². The van der Waals surface area contributed by atoms with Crippen LogP contribution in [0.1, 0.15) is 30.0 Å². The van der Waals surface area contributed by atoms with Crippen molar-refractivity contribution in [3.63, 3.8) is 0 Å². The number of hydrogen-bond acceptors (Lipinski definition) is 7. The first-order valence-corrected chi connectivity index (χ1v) is 10.1. The van der Waals surface area contributed by atoms with E-state index in [0.29, 0.717) is 36.0 Å². The summed E-state index contributed by atoms with van der Waals surface area (Å²) in [5.74, 6) is 0.289. The zero-order valence-corrected chi connectivity index (χ0v) is 18.4. The topological polar surface area (TPSA) is 121 Å². The van der Waals surface area contributed by atoms with Crippen molar-refractivity contribution in [2.24, 2.45) is 5.10 Å². The van der Waals surface area contributed by atoms with Gasteiger partial charge in [0.1, 0.15) is 11.3 Å². The predicted octanol–water partition coefficient (Wildman–Crippen LogP) is 0.943. The van der Waals surface area contributed by atoms with E-state index in [4.69, 9.17) is 21.7 Å². The number of aromatic hydroxyl groups is 1. The Morgan fingerprint density at radius 2 is 2.03 bits per heavy atom. The van der Waals surface area contributed by atoms with Gasteiger partial charge in [0.15, 0.2) is 5.11 Å². The highest BCUT2D eigenvalue weighted by molar-refractivity contribution is 7.80. The number of methoxy groups -OCH3 is 2. The summed E-state index contributed by atoms with van der Waals surface area (Å²) in [6, 6.07) is 7.14. The average molecular weight is 448 g/mol. The molecule has 2 heterocycles. The molecule has 1 aromatic carbocycles. The second kappa shape index (κ2) is 9.75. The van der Waals surface area contributed by atoms with Gasteiger partial charge in [-0.15, -0.1) is 0 Å². The number of nitrogens with zero attached hydrogens (tertiary/aromatic N) is 3. The Balaban J connectivity index is 2.02. The van der Waals surface area contributed by atoms with E-state index in [1.807, 2.05) is 24.3 Å². The van der Waals surface area contributed by atoms with Gasteiger partial charge in [0.05, 0.1) is 18.9 Å². The molecule has 11 heteroatoms. The summed E-state index contributed by atoms with van der Waals surface area (Å²) < 4.78 is 11.3. The first kappa shape index (κ1) is 22.5. The Bertz CT molecular complexity index is 1090. The van der Waals surface area contributed by atoms with Crippen molar-refractivity contribution in [3.8, 4) is 11.6 Å². The molecule has 3 rings (SSSR count). The fourth-order valence-corrected chi connectivity index (χ4v) is 3.61. The van der Waals surface area contributed by atoms with Gasteiger partial charge in [-0.3, -0.25) is 14.3 Å². The molecule has 0 bridgehead atoms. The van der Waals surface area contributed by atoms with Gasteiger partial charge in [-0.25, -0.2) is 9.80 Å². The Labute approximate surface area is 184 Å². The van der Waals surface area contributed by atoms with Gasteiger partial charge < -0.3 is 19.9 Å². The number of hydrogen-bond donors (Lipinski definition) is 3. The molecule has 2 aromatic rings. The number of H-pyrrole nitrogens is 1. The molecule has 0 spiro atoms. The van der Waals surface area contributed by atoms with E-state index in [1.165, 1.54) is 0 Å². The van der Waals surface area contributed by atoms with Crippen molar-refractivity contribution in [2.45, 2.75) is 25.4 Å². The summed E-state index contributed by atoms with van der Waals surface area (Å²) in [6.45, 7) is 0.598. The van der Waals surface area contributed by atoms with Crippen molar-refractivity contribution in [1.82, 2.24) is 19.9 Å². The molecule has 10 nitrogen and oxygen atoms in total. The summed E-state index contributed by atoms with van der Waals surface area (Å²) in [7, 11) is 4.82. The van der Waals surface area contributed by atoms with Gasteiger partial charge in [-0.1, -0.05) is 12.1 Å². The number of hydrazone groups is 1. The fraction of sp³-hybridized carbons (Fsp3) is 0.400. The summed E-state index contributed by atoms with van der Waals surface area (Å²) in [6.07, 6.45) is 0.799. The summed E-state index contributed by atoms with van der Waals surface area (Å²) in [4.78, 5) is 27.1. The maximum Gasteiger partial charge on any atom is 0.331 e. The lowest BCUT2D eigenvalue weighted by Gasteiger charge is -2.23. The van der Waals surface area contributed by atoms with Gasteiger partial charge in [0.2, 0.25) is 5.88 Å². The minimum atomic E-state index is -0.699. The van der Waals surface area contributed by atoms with Crippen LogP contribution in [0.2, 0.25) is 0 Å². The van der Waals surface area contributed by atoms with Gasteiger partial charge in [-0.05, 0) is 36.3 Å². The number of benzene rings is 1. The highest BCUT2D eigenvalue weighted by Gasteiger charge is 2.34. The van der Waals surface area contributed by atoms with E-state index < -0.39 is 17.1 Å². The second-order valence-corrected chi connectivity index (χ2v) is 7.28. The van der Waals surface area contributed by atoms with Crippen molar-refractivity contribution in [2.75, 3.05) is 27.9 Å². The maximum absolute atomic E-state index is 12.6.